The van der Waals surface area contributed by atoms with Gasteiger partial charge >= 0.3 is 11.3 Å². The summed E-state index contributed by atoms with van der Waals surface area (Å²) in [5.41, 5.74) is 2.68. The lowest BCUT2D eigenvalue weighted by molar-refractivity contribution is -0.763. The van der Waals surface area contributed by atoms with Gasteiger partial charge in [-0.1, -0.05) is 50.1 Å². The molecule has 0 fully saturated rings. The van der Waals surface area contributed by atoms with E-state index in [0.717, 1.165) is 23.4 Å². The van der Waals surface area contributed by atoms with Crippen molar-refractivity contribution in [2.75, 3.05) is 10.7 Å². The number of hydrogen-bond acceptors (Lipinski definition) is 5. The summed E-state index contributed by atoms with van der Waals surface area (Å²) in [6.07, 6.45) is 4.18. The third kappa shape index (κ3) is 3.94. The van der Waals surface area contributed by atoms with Crippen molar-refractivity contribution in [2.45, 2.75) is 50.9 Å². The van der Waals surface area contributed by atoms with Gasteiger partial charge in [0, 0.05) is 23.2 Å². The average Bonchev–Trinajstić information content (AvgIpc) is 3.26. The number of thioether (sulfide) groups is 1. The molecule has 156 valence electrons. The number of amides is 1. The minimum absolute atomic E-state index is 0.0901. The second-order valence-electron chi connectivity index (χ2n) is 7.30. The van der Waals surface area contributed by atoms with E-state index in [0.29, 0.717) is 16.4 Å². The van der Waals surface area contributed by atoms with Gasteiger partial charge in [0.2, 0.25) is 11.1 Å². The number of aromatic nitrogens is 3. The molecule has 30 heavy (non-hydrogen) atoms. The fraction of sp³-hybridized carbons (Fsp3) is 0.364. The molecule has 1 amide bonds. The number of carbonyl (C=O) groups is 1. The molecule has 1 atom stereocenters. The summed E-state index contributed by atoms with van der Waals surface area (Å²) in [6, 6.07) is 9.50. The molecule has 0 aliphatic carbocycles. The topological polar surface area (TPSA) is 69.9 Å². The predicted molar refractivity (Wildman–Crippen MR) is 121 cm³/mol. The Morgan fingerprint density at radius 2 is 2.10 bits per heavy atom. The summed E-state index contributed by atoms with van der Waals surface area (Å²) in [4.78, 5) is 30.5. The standard InChI is InChI=1S/C22H24N4O2S2/c1-3-4-5-8-12-30-22-23-20(28)19-17-9-6-7-10-18(17)25(15(2)27)21(26(19)24-22)16-11-13-29-14-16/h6-7,9-11,13-14,21H,3-5,8,12H2,1-2H3/p+1/t21-/m0/s1. The quantitative estimate of drug-likeness (QED) is 0.336. The van der Waals surface area contributed by atoms with Gasteiger partial charge in [0.15, 0.2) is 0 Å². The van der Waals surface area contributed by atoms with E-state index in [1.807, 2.05) is 41.1 Å². The maximum absolute atomic E-state index is 13.1. The number of unbranched alkanes of at least 4 members (excludes halogenated alkanes) is 3. The van der Waals surface area contributed by atoms with Gasteiger partial charge in [0.05, 0.1) is 16.8 Å². The molecule has 0 saturated carbocycles. The first kappa shape index (κ1) is 20.8. The molecule has 6 nitrogen and oxygen atoms in total. The number of benzene rings is 1. The van der Waals surface area contributed by atoms with Gasteiger partial charge in [-0.15, -0.1) is 0 Å². The van der Waals surface area contributed by atoms with Crippen LogP contribution in [0, 0.1) is 0 Å². The number of nitrogens with one attached hydrogen (secondary N) is 1. The van der Waals surface area contributed by atoms with E-state index in [-0.39, 0.29) is 11.5 Å². The normalized spacial score (nSPS) is 15.0. The third-order valence-electron chi connectivity index (χ3n) is 5.18. The summed E-state index contributed by atoms with van der Waals surface area (Å²) in [5, 5.41) is 9.36. The van der Waals surface area contributed by atoms with Gasteiger partial charge in [-0.3, -0.25) is 14.6 Å². The maximum Gasteiger partial charge on any atom is 0.325 e. The van der Waals surface area contributed by atoms with Crippen LogP contribution in [0.1, 0.15) is 51.3 Å². The molecule has 3 heterocycles. The summed E-state index contributed by atoms with van der Waals surface area (Å²) >= 11 is 3.12. The van der Waals surface area contributed by atoms with Crippen LogP contribution in [-0.2, 0) is 4.79 Å². The first-order valence-electron chi connectivity index (χ1n) is 10.2. The highest BCUT2D eigenvalue weighted by molar-refractivity contribution is 7.99. The Labute approximate surface area is 184 Å². The zero-order chi connectivity index (χ0) is 21.1. The number of H-pyrrole nitrogens is 1. The molecule has 8 heteroatoms. The Hall–Kier alpha value is -2.45. The average molecular weight is 442 g/mol. The second-order valence-corrected chi connectivity index (χ2v) is 9.16. The van der Waals surface area contributed by atoms with Gasteiger partial charge in [-0.05, 0) is 34.7 Å². The van der Waals surface area contributed by atoms with E-state index in [9.17, 15) is 9.59 Å². The van der Waals surface area contributed by atoms with Crippen LogP contribution in [0.15, 0.2) is 51.0 Å². The Bertz CT molecular complexity index is 1090. The van der Waals surface area contributed by atoms with Crippen molar-refractivity contribution in [3.05, 3.63) is 57.0 Å². The van der Waals surface area contributed by atoms with Gasteiger partial charge in [0.1, 0.15) is 0 Å². The lowest BCUT2D eigenvalue weighted by Gasteiger charge is -2.30. The smallest absolute Gasteiger partial charge is 0.291 e. The highest BCUT2D eigenvalue weighted by Crippen LogP contribution is 2.37. The van der Waals surface area contributed by atoms with Crippen LogP contribution in [0.3, 0.4) is 0 Å². The van der Waals surface area contributed by atoms with Crippen LogP contribution in [0.5, 0.6) is 0 Å². The Balaban J connectivity index is 1.81. The van der Waals surface area contributed by atoms with Gasteiger partial charge in [-0.25, -0.2) is 4.90 Å². The van der Waals surface area contributed by atoms with Crippen molar-refractivity contribution in [1.82, 2.24) is 10.1 Å². The molecular formula is C22H25N4O2S2+. The van der Waals surface area contributed by atoms with E-state index in [4.69, 9.17) is 5.10 Å². The van der Waals surface area contributed by atoms with Crippen LogP contribution >= 0.6 is 23.1 Å². The Morgan fingerprint density at radius 3 is 2.83 bits per heavy atom. The number of aromatic amines is 1. The number of thiophene rings is 1. The van der Waals surface area contributed by atoms with E-state index < -0.39 is 6.17 Å². The van der Waals surface area contributed by atoms with E-state index in [2.05, 4.69) is 11.9 Å². The van der Waals surface area contributed by atoms with Crippen molar-refractivity contribution in [3.63, 3.8) is 0 Å². The molecule has 4 rings (SSSR count). The minimum Gasteiger partial charge on any atom is -0.291 e. The summed E-state index contributed by atoms with van der Waals surface area (Å²) < 4.78 is 1.72. The van der Waals surface area contributed by atoms with Crippen LogP contribution < -0.4 is 15.1 Å². The Kier molecular flexibility index (Phi) is 6.34. The SMILES string of the molecule is CCCCCCSc1n[n+]2c(c(=O)[nH]1)-c1ccccc1N(C(C)=O)[C@@H]2c1ccsc1. The molecule has 1 N–H and O–H groups in total. The monoisotopic (exact) mass is 441 g/mol. The summed E-state index contributed by atoms with van der Waals surface area (Å²) in [5.74, 6) is 0.811. The molecule has 1 aliphatic heterocycles. The van der Waals surface area contributed by atoms with Crippen LogP contribution in [-0.4, -0.2) is 21.7 Å². The molecule has 1 aliphatic rings. The molecule has 0 unspecified atom stereocenters. The second kappa shape index (κ2) is 9.14. The van der Waals surface area contributed by atoms with E-state index in [1.54, 1.807) is 39.6 Å². The molecule has 0 spiro atoms. The molecule has 0 saturated heterocycles. The van der Waals surface area contributed by atoms with E-state index in [1.165, 1.54) is 19.3 Å². The fourth-order valence-corrected chi connectivity index (χ4v) is 5.32. The minimum atomic E-state index is -0.486. The van der Waals surface area contributed by atoms with Crippen LogP contribution in [0.25, 0.3) is 11.3 Å². The van der Waals surface area contributed by atoms with Gasteiger partial charge in [-0.2, -0.15) is 11.3 Å². The number of nitrogens with zero attached hydrogens (tertiary/aromatic N) is 3. The van der Waals surface area contributed by atoms with Gasteiger partial charge in [0.25, 0.3) is 6.17 Å². The predicted octanol–water partition coefficient (Wildman–Crippen LogP) is 4.37. The zero-order valence-electron chi connectivity index (χ0n) is 17.1. The number of anilines is 1. The Morgan fingerprint density at radius 1 is 1.27 bits per heavy atom. The molecule has 2 aromatic heterocycles. The van der Waals surface area contributed by atoms with Crippen molar-refractivity contribution < 1.29 is 9.48 Å². The first-order valence-corrected chi connectivity index (χ1v) is 12.1. The number of rotatable bonds is 7. The van der Waals surface area contributed by atoms with Crippen molar-refractivity contribution >= 4 is 34.7 Å². The maximum atomic E-state index is 13.1. The van der Waals surface area contributed by atoms with Crippen molar-refractivity contribution in [1.29, 1.82) is 0 Å². The first-order chi connectivity index (χ1) is 14.6. The molecule has 0 radical (unpaired) electrons. The molecule has 1 aromatic carbocycles. The molecule has 3 aromatic rings. The van der Waals surface area contributed by atoms with E-state index >= 15 is 0 Å². The third-order valence-corrected chi connectivity index (χ3v) is 6.83. The van der Waals surface area contributed by atoms with Gasteiger partial charge < -0.3 is 0 Å². The highest BCUT2D eigenvalue weighted by Gasteiger charge is 2.44. The lowest BCUT2D eigenvalue weighted by atomic mass is 10.0. The number of fused-ring (bicyclic) bond motifs is 3. The highest BCUT2D eigenvalue weighted by atomic mass is 32.2. The number of para-hydroxylation sites is 1. The van der Waals surface area contributed by atoms with Crippen LogP contribution in [0.2, 0.25) is 0 Å². The zero-order valence-corrected chi connectivity index (χ0v) is 18.8. The van der Waals surface area contributed by atoms with Crippen molar-refractivity contribution in [3.8, 4) is 11.3 Å². The van der Waals surface area contributed by atoms with Crippen LogP contribution in [0.4, 0.5) is 5.69 Å². The largest absolute Gasteiger partial charge is 0.325 e. The summed E-state index contributed by atoms with van der Waals surface area (Å²) in [6.45, 7) is 3.74. The van der Waals surface area contributed by atoms with Crippen molar-refractivity contribution in [2.24, 2.45) is 0 Å². The summed E-state index contributed by atoms with van der Waals surface area (Å²) in [7, 11) is 0. The molecule has 0 bridgehead atoms. The fourth-order valence-electron chi connectivity index (χ4n) is 3.80. The lowest BCUT2D eigenvalue weighted by Crippen LogP contribution is -2.60. The number of hydrogen-bond donors (Lipinski definition) is 1. The molecular weight excluding hydrogens is 416 g/mol. The number of carbonyl (C=O) groups excluding carboxylic acids is 1.